The highest BCUT2D eigenvalue weighted by Gasteiger charge is 2.35. The number of morpholine rings is 2. The van der Waals surface area contributed by atoms with Gasteiger partial charge in [-0.3, -0.25) is 14.3 Å². The highest BCUT2D eigenvalue weighted by atomic mass is 35.5. The number of nitrogens with zero attached hydrogens (tertiary/aromatic N) is 6. The van der Waals surface area contributed by atoms with Crippen LogP contribution in [0.5, 0.6) is 0 Å². The average Bonchev–Trinajstić information content (AvgIpc) is 3.33. The highest BCUT2D eigenvalue weighted by molar-refractivity contribution is 6.44. The first-order valence-electron chi connectivity index (χ1n) is 13.4. The normalized spacial score (nSPS) is 24.6. The highest BCUT2D eigenvalue weighted by Crippen LogP contribution is 2.40. The van der Waals surface area contributed by atoms with Crippen LogP contribution in [0.25, 0.3) is 11.2 Å². The molecule has 0 N–H and O–H groups in total. The largest absolute Gasteiger partial charge is 0.379 e. The van der Waals surface area contributed by atoms with Gasteiger partial charge in [0, 0.05) is 51.9 Å². The molecule has 2 aromatic heterocycles. The number of ether oxygens (including phenoxy) is 3. The molecule has 4 fully saturated rings. The summed E-state index contributed by atoms with van der Waals surface area (Å²) in [7, 11) is 0. The van der Waals surface area contributed by atoms with Crippen molar-refractivity contribution in [2.24, 2.45) is 0 Å². The topological polar surface area (TPSA) is 85.2 Å². The van der Waals surface area contributed by atoms with Crippen LogP contribution in [-0.2, 0) is 14.2 Å². The van der Waals surface area contributed by atoms with Crippen LogP contribution in [0.2, 0.25) is 10.2 Å². The van der Waals surface area contributed by atoms with E-state index >= 15 is 0 Å². The van der Waals surface area contributed by atoms with E-state index in [1.165, 1.54) is 0 Å². The fourth-order valence-corrected chi connectivity index (χ4v) is 6.40. The van der Waals surface area contributed by atoms with Crippen LogP contribution in [0.1, 0.15) is 49.0 Å². The van der Waals surface area contributed by atoms with Crippen molar-refractivity contribution in [1.29, 1.82) is 0 Å². The van der Waals surface area contributed by atoms with Gasteiger partial charge in [-0.05, 0) is 32.1 Å². The molecule has 4 saturated heterocycles. The Kier molecular flexibility index (Phi) is 7.74. The summed E-state index contributed by atoms with van der Waals surface area (Å²) in [5.41, 5.74) is 1.86. The first kappa shape index (κ1) is 25.6. The summed E-state index contributed by atoms with van der Waals surface area (Å²) in [6, 6.07) is 0.487. The summed E-state index contributed by atoms with van der Waals surface area (Å²) in [6.07, 6.45) is 4.38. The summed E-state index contributed by atoms with van der Waals surface area (Å²) < 4.78 is 19.1. The van der Waals surface area contributed by atoms with Gasteiger partial charge in [0.2, 0.25) is 5.82 Å². The standard InChI is InChI=1S/C25H34Cl2N6O4/c26-19-21(31-10-15-36-16-11-31)20-23(29-22(19)27)33(18-3-1-2-12-37-18)24(28-20)25(34)32-6-4-17(5-7-32)30-8-13-35-14-9-30/h17-18H,1-16H2. The second kappa shape index (κ2) is 11.2. The van der Waals surface area contributed by atoms with Crippen LogP contribution in [0.15, 0.2) is 0 Å². The first-order valence-corrected chi connectivity index (χ1v) is 14.2. The zero-order valence-corrected chi connectivity index (χ0v) is 22.6. The van der Waals surface area contributed by atoms with Gasteiger partial charge in [0.15, 0.2) is 10.8 Å². The van der Waals surface area contributed by atoms with Crippen molar-refractivity contribution in [3.8, 4) is 0 Å². The van der Waals surface area contributed by atoms with Crippen molar-refractivity contribution in [2.45, 2.75) is 44.4 Å². The molecule has 6 rings (SSSR count). The van der Waals surface area contributed by atoms with Gasteiger partial charge in [0.25, 0.3) is 5.91 Å². The zero-order valence-electron chi connectivity index (χ0n) is 21.0. The van der Waals surface area contributed by atoms with E-state index in [0.717, 1.165) is 64.1 Å². The van der Waals surface area contributed by atoms with Crippen molar-refractivity contribution in [3.63, 3.8) is 0 Å². The Labute approximate surface area is 226 Å². The molecule has 10 nitrogen and oxygen atoms in total. The van der Waals surface area contributed by atoms with Crippen LogP contribution in [0.4, 0.5) is 5.69 Å². The number of likely N-dealkylation sites (tertiary alicyclic amines) is 1. The molecular formula is C25H34Cl2N6O4. The number of piperidine rings is 1. The summed E-state index contributed by atoms with van der Waals surface area (Å²) >= 11 is 13.3. The maximum atomic E-state index is 14.0. The lowest BCUT2D eigenvalue weighted by molar-refractivity contribution is -0.0317. The van der Waals surface area contributed by atoms with E-state index in [2.05, 4.69) is 14.8 Å². The quantitative estimate of drug-likeness (QED) is 0.534. The molecule has 202 valence electrons. The number of carbonyl (C=O) groups is 1. The Hall–Kier alpha value is -1.69. The average molecular weight is 553 g/mol. The fourth-order valence-electron chi connectivity index (χ4n) is 5.98. The van der Waals surface area contributed by atoms with Crippen LogP contribution in [0, 0.1) is 0 Å². The second-order valence-corrected chi connectivity index (χ2v) is 10.9. The van der Waals surface area contributed by atoms with Gasteiger partial charge >= 0.3 is 0 Å². The second-order valence-electron chi connectivity index (χ2n) is 10.1. The Morgan fingerprint density at radius 3 is 2.22 bits per heavy atom. The van der Waals surface area contributed by atoms with Crippen molar-refractivity contribution in [3.05, 3.63) is 16.0 Å². The molecule has 0 saturated carbocycles. The Morgan fingerprint density at radius 2 is 1.54 bits per heavy atom. The lowest BCUT2D eigenvalue weighted by Gasteiger charge is -2.40. The maximum Gasteiger partial charge on any atom is 0.290 e. The summed E-state index contributed by atoms with van der Waals surface area (Å²) in [6.45, 7) is 8.04. The van der Waals surface area contributed by atoms with Crippen molar-refractivity contribution >= 4 is 46.0 Å². The third-order valence-corrected chi connectivity index (χ3v) is 8.71. The van der Waals surface area contributed by atoms with E-state index in [1.54, 1.807) is 0 Å². The van der Waals surface area contributed by atoms with Crippen LogP contribution in [-0.4, -0.2) is 109 Å². The van der Waals surface area contributed by atoms with E-state index in [4.69, 9.17) is 42.4 Å². The number of carbonyl (C=O) groups excluding carboxylic acids is 1. The van der Waals surface area contributed by atoms with Crippen LogP contribution >= 0.6 is 23.2 Å². The third-order valence-electron chi connectivity index (χ3n) is 7.98. The Morgan fingerprint density at radius 1 is 0.838 bits per heavy atom. The van der Waals surface area contributed by atoms with Gasteiger partial charge in [-0.25, -0.2) is 9.97 Å². The molecule has 12 heteroatoms. The van der Waals surface area contributed by atoms with Gasteiger partial charge < -0.3 is 24.0 Å². The van der Waals surface area contributed by atoms with Gasteiger partial charge in [-0.2, -0.15) is 0 Å². The minimum atomic E-state index is -0.314. The molecule has 4 aliphatic heterocycles. The van der Waals surface area contributed by atoms with E-state index in [0.29, 0.717) is 74.1 Å². The molecule has 0 aromatic carbocycles. The molecule has 1 unspecified atom stereocenters. The van der Waals surface area contributed by atoms with E-state index < -0.39 is 0 Å². The first-order chi connectivity index (χ1) is 18.1. The van der Waals surface area contributed by atoms with Gasteiger partial charge in [-0.15, -0.1) is 0 Å². The van der Waals surface area contributed by atoms with Gasteiger partial charge in [0.1, 0.15) is 16.8 Å². The number of pyridine rings is 1. The molecule has 4 aliphatic rings. The fraction of sp³-hybridized carbons (Fsp3) is 0.720. The molecule has 0 bridgehead atoms. The molecule has 1 atom stereocenters. The number of aromatic nitrogens is 3. The molecule has 1 amide bonds. The Bertz CT molecular complexity index is 1120. The van der Waals surface area contributed by atoms with E-state index in [1.807, 2.05) is 9.47 Å². The van der Waals surface area contributed by atoms with Crippen LogP contribution in [0.3, 0.4) is 0 Å². The lowest BCUT2D eigenvalue weighted by Crippen LogP contribution is -2.50. The molecule has 0 radical (unpaired) electrons. The molecule has 6 heterocycles. The summed E-state index contributed by atoms with van der Waals surface area (Å²) in [5.74, 6) is 0.264. The summed E-state index contributed by atoms with van der Waals surface area (Å²) in [4.78, 5) is 30.1. The van der Waals surface area contributed by atoms with Crippen LogP contribution < -0.4 is 4.90 Å². The molecule has 0 aliphatic carbocycles. The van der Waals surface area contributed by atoms with E-state index in [9.17, 15) is 4.79 Å². The van der Waals surface area contributed by atoms with E-state index in [-0.39, 0.29) is 17.3 Å². The number of rotatable bonds is 4. The minimum Gasteiger partial charge on any atom is -0.379 e. The number of fused-ring (bicyclic) bond motifs is 1. The Balaban J connectivity index is 1.35. The molecule has 37 heavy (non-hydrogen) atoms. The number of imidazole rings is 1. The predicted molar refractivity (Wildman–Crippen MR) is 141 cm³/mol. The molecule has 0 spiro atoms. The maximum absolute atomic E-state index is 14.0. The lowest BCUT2D eigenvalue weighted by atomic mass is 10.0. The third kappa shape index (κ3) is 5.04. The number of halogens is 2. The predicted octanol–water partition coefficient (Wildman–Crippen LogP) is 3.21. The monoisotopic (exact) mass is 552 g/mol. The zero-order chi connectivity index (χ0) is 25.4. The SMILES string of the molecule is O=C(c1nc2c(N3CCOCC3)c(Cl)c(Cl)nc2n1C1CCCCO1)N1CCC(N2CCOCC2)CC1. The smallest absolute Gasteiger partial charge is 0.290 e. The van der Waals surface area contributed by atoms with Crippen molar-refractivity contribution < 1.29 is 19.0 Å². The summed E-state index contributed by atoms with van der Waals surface area (Å²) in [5, 5.41) is 0.563. The number of hydrogen-bond acceptors (Lipinski definition) is 8. The van der Waals surface area contributed by atoms with Crippen molar-refractivity contribution in [2.75, 3.05) is 77.2 Å². The number of hydrogen-bond donors (Lipinski definition) is 0. The number of amides is 1. The van der Waals surface area contributed by atoms with Gasteiger partial charge in [-0.1, -0.05) is 23.2 Å². The molecule has 2 aromatic rings. The molecular weight excluding hydrogens is 519 g/mol. The van der Waals surface area contributed by atoms with Crippen molar-refractivity contribution in [1.82, 2.24) is 24.3 Å². The van der Waals surface area contributed by atoms with Gasteiger partial charge in [0.05, 0.1) is 32.1 Å². The number of anilines is 1. The minimum absolute atomic E-state index is 0.0900.